The Balaban J connectivity index is 2.46. The van der Waals surface area contributed by atoms with Gasteiger partial charge in [0.1, 0.15) is 0 Å². The molecule has 0 bridgehead atoms. The second-order valence-electron chi connectivity index (χ2n) is 3.98. The number of pyridine rings is 1. The number of aromatic nitrogens is 3. The van der Waals surface area contributed by atoms with Crippen LogP contribution in [-0.4, -0.2) is 21.5 Å². The van der Waals surface area contributed by atoms with Gasteiger partial charge in [0.15, 0.2) is 5.82 Å². The lowest BCUT2D eigenvalue weighted by Crippen LogP contribution is -2.09. The summed E-state index contributed by atoms with van der Waals surface area (Å²) in [6.07, 6.45) is 4.34. The summed E-state index contributed by atoms with van der Waals surface area (Å²) in [6, 6.07) is 3.85. The van der Waals surface area contributed by atoms with Crippen molar-refractivity contribution in [3.8, 4) is 11.4 Å². The average Bonchev–Trinajstić information content (AvgIpc) is 2.35. The molecule has 0 spiro atoms. The maximum atomic E-state index is 5.58. The molecule has 2 N–H and O–H groups in total. The SMILES string of the molecule is Cc1nc(-c2cccnc2)nc(C)c1CCN. The molecule has 0 saturated carbocycles. The van der Waals surface area contributed by atoms with Gasteiger partial charge in [-0.15, -0.1) is 0 Å². The Morgan fingerprint density at radius 3 is 2.41 bits per heavy atom. The van der Waals surface area contributed by atoms with E-state index in [0.717, 1.165) is 34.8 Å². The van der Waals surface area contributed by atoms with Crippen molar-refractivity contribution in [1.29, 1.82) is 0 Å². The van der Waals surface area contributed by atoms with Crippen molar-refractivity contribution in [2.75, 3.05) is 6.54 Å². The van der Waals surface area contributed by atoms with E-state index in [1.807, 2.05) is 26.0 Å². The fourth-order valence-corrected chi connectivity index (χ4v) is 1.87. The molecule has 4 heteroatoms. The van der Waals surface area contributed by atoms with E-state index in [9.17, 15) is 0 Å². The van der Waals surface area contributed by atoms with E-state index in [-0.39, 0.29) is 0 Å². The molecule has 0 saturated heterocycles. The third-order valence-corrected chi connectivity index (χ3v) is 2.73. The zero-order chi connectivity index (χ0) is 12.3. The Bertz CT molecular complexity index is 485. The minimum Gasteiger partial charge on any atom is -0.330 e. The number of hydrogen-bond acceptors (Lipinski definition) is 4. The van der Waals surface area contributed by atoms with E-state index in [1.165, 1.54) is 0 Å². The molecule has 0 aliphatic carbocycles. The molecule has 2 rings (SSSR count). The Hall–Kier alpha value is -1.81. The number of nitrogens with zero attached hydrogens (tertiary/aromatic N) is 3. The van der Waals surface area contributed by atoms with Crippen LogP contribution in [0.25, 0.3) is 11.4 Å². The number of aryl methyl sites for hydroxylation is 2. The Morgan fingerprint density at radius 1 is 1.18 bits per heavy atom. The van der Waals surface area contributed by atoms with Crippen molar-refractivity contribution in [1.82, 2.24) is 15.0 Å². The van der Waals surface area contributed by atoms with Crippen molar-refractivity contribution in [2.24, 2.45) is 5.73 Å². The molecule has 0 aliphatic heterocycles. The largest absolute Gasteiger partial charge is 0.330 e. The van der Waals surface area contributed by atoms with Crippen molar-refractivity contribution >= 4 is 0 Å². The van der Waals surface area contributed by atoms with Gasteiger partial charge in [0.05, 0.1) is 0 Å². The zero-order valence-corrected chi connectivity index (χ0v) is 10.1. The fraction of sp³-hybridized carbons (Fsp3) is 0.308. The van der Waals surface area contributed by atoms with Crippen LogP contribution in [0.4, 0.5) is 0 Å². The molecule has 4 nitrogen and oxygen atoms in total. The second kappa shape index (κ2) is 5.01. The first-order valence-corrected chi connectivity index (χ1v) is 5.67. The van der Waals surface area contributed by atoms with Crippen molar-refractivity contribution in [3.63, 3.8) is 0 Å². The summed E-state index contributed by atoms with van der Waals surface area (Å²) in [5.41, 5.74) is 9.68. The van der Waals surface area contributed by atoms with Crippen molar-refractivity contribution in [2.45, 2.75) is 20.3 Å². The van der Waals surface area contributed by atoms with Gasteiger partial charge >= 0.3 is 0 Å². The van der Waals surface area contributed by atoms with Gasteiger partial charge in [-0.05, 0) is 44.5 Å². The highest BCUT2D eigenvalue weighted by atomic mass is 14.9. The molecule has 0 amide bonds. The number of nitrogens with two attached hydrogens (primary N) is 1. The molecule has 2 aromatic rings. The Morgan fingerprint density at radius 2 is 1.88 bits per heavy atom. The van der Waals surface area contributed by atoms with Crippen LogP contribution in [-0.2, 0) is 6.42 Å². The van der Waals surface area contributed by atoms with Crippen molar-refractivity contribution in [3.05, 3.63) is 41.5 Å². The van der Waals surface area contributed by atoms with E-state index < -0.39 is 0 Å². The first-order valence-electron chi connectivity index (χ1n) is 5.67. The van der Waals surface area contributed by atoms with Gasteiger partial charge in [0, 0.05) is 29.3 Å². The summed E-state index contributed by atoms with van der Waals surface area (Å²) in [5, 5.41) is 0. The minimum absolute atomic E-state index is 0.622. The zero-order valence-electron chi connectivity index (χ0n) is 10.1. The highest BCUT2D eigenvalue weighted by molar-refractivity contribution is 5.54. The summed E-state index contributed by atoms with van der Waals surface area (Å²) in [4.78, 5) is 13.1. The molecule has 0 aliphatic rings. The Kier molecular flexibility index (Phi) is 3.44. The van der Waals surface area contributed by atoms with Crippen LogP contribution in [0, 0.1) is 13.8 Å². The molecule has 2 aromatic heterocycles. The maximum Gasteiger partial charge on any atom is 0.161 e. The first-order chi connectivity index (χ1) is 8.22. The molecule has 0 atom stereocenters. The number of hydrogen-bond donors (Lipinski definition) is 1. The smallest absolute Gasteiger partial charge is 0.161 e. The van der Waals surface area contributed by atoms with Crippen LogP contribution >= 0.6 is 0 Å². The Labute approximate surface area is 101 Å². The van der Waals surface area contributed by atoms with Crippen molar-refractivity contribution < 1.29 is 0 Å². The fourth-order valence-electron chi connectivity index (χ4n) is 1.87. The quantitative estimate of drug-likeness (QED) is 0.867. The van der Waals surface area contributed by atoms with Gasteiger partial charge < -0.3 is 5.73 Å². The predicted molar refractivity (Wildman–Crippen MR) is 67.5 cm³/mol. The van der Waals surface area contributed by atoms with Crippen LogP contribution in [0.15, 0.2) is 24.5 Å². The minimum atomic E-state index is 0.622. The molecule has 0 radical (unpaired) electrons. The summed E-state index contributed by atoms with van der Waals surface area (Å²) < 4.78 is 0. The summed E-state index contributed by atoms with van der Waals surface area (Å²) in [7, 11) is 0. The summed E-state index contributed by atoms with van der Waals surface area (Å²) in [6.45, 7) is 4.62. The normalized spacial score (nSPS) is 10.5. The molecule has 17 heavy (non-hydrogen) atoms. The highest BCUT2D eigenvalue weighted by Crippen LogP contribution is 2.17. The van der Waals surface area contributed by atoms with E-state index in [1.54, 1.807) is 12.4 Å². The van der Waals surface area contributed by atoms with E-state index in [4.69, 9.17) is 5.73 Å². The third kappa shape index (κ3) is 2.47. The molecular formula is C13H16N4. The van der Waals surface area contributed by atoms with Crippen LogP contribution in [0.3, 0.4) is 0 Å². The number of rotatable bonds is 3. The average molecular weight is 228 g/mol. The lowest BCUT2D eigenvalue weighted by Gasteiger charge is -2.09. The van der Waals surface area contributed by atoms with Crippen LogP contribution in [0.2, 0.25) is 0 Å². The summed E-state index contributed by atoms with van der Waals surface area (Å²) in [5.74, 6) is 0.730. The van der Waals surface area contributed by atoms with E-state index in [0.29, 0.717) is 6.54 Å². The van der Waals surface area contributed by atoms with Crippen LogP contribution < -0.4 is 5.73 Å². The lowest BCUT2D eigenvalue weighted by molar-refractivity contribution is 0.898. The van der Waals surface area contributed by atoms with E-state index >= 15 is 0 Å². The van der Waals surface area contributed by atoms with Gasteiger partial charge in [-0.2, -0.15) is 0 Å². The molecule has 0 aromatic carbocycles. The standard InChI is InChI=1S/C13H16N4/c1-9-12(5-6-14)10(2)17-13(16-9)11-4-3-7-15-8-11/h3-4,7-8H,5-6,14H2,1-2H3. The second-order valence-corrected chi connectivity index (χ2v) is 3.98. The van der Waals surface area contributed by atoms with E-state index in [2.05, 4.69) is 15.0 Å². The molecule has 2 heterocycles. The van der Waals surface area contributed by atoms with Crippen LogP contribution in [0.1, 0.15) is 17.0 Å². The van der Waals surface area contributed by atoms with Gasteiger partial charge in [0.2, 0.25) is 0 Å². The lowest BCUT2D eigenvalue weighted by atomic mass is 10.1. The highest BCUT2D eigenvalue weighted by Gasteiger charge is 2.09. The molecule has 0 fully saturated rings. The van der Waals surface area contributed by atoms with Gasteiger partial charge in [0.25, 0.3) is 0 Å². The monoisotopic (exact) mass is 228 g/mol. The topological polar surface area (TPSA) is 64.7 Å². The molecule has 88 valence electrons. The predicted octanol–water partition coefficient (Wildman–Crippen LogP) is 1.66. The van der Waals surface area contributed by atoms with Crippen LogP contribution in [0.5, 0.6) is 0 Å². The van der Waals surface area contributed by atoms with Gasteiger partial charge in [-0.25, -0.2) is 9.97 Å². The maximum absolute atomic E-state index is 5.58. The summed E-state index contributed by atoms with van der Waals surface area (Å²) >= 11 is 0. The molecule has 0 unspecified atom stereocenters. The first kappa shape index (κ1) is 11.7. The van der Waals surface area contributed by atoms with Gasteiger partial charge in [-0.1, -0.05) is 0 Å². The molecular weight excluding hydrogens is 212 g/mol. The van der Waals surface area contributed by atoms with Gasteiger partial charge in [-0.3, -0.25) is 4.98 Å². The third-order valence-electron chi connectivity index (χ3n) is 2.73.